The summed E-state index contributed by atoms with van der Waals surface area (Å²) in [7, 11) is 1.61. The van der Waals surface area contributed by atoms with Crippen LogP contribution in [0.1, 0.15) is 44.6 Å². The van der Waals surface area contributed by atoms with Crippen LogP contribution < -0.4 is 4.74 Å². The molecular formula is C24H23N5O4. The maximum atomic E-state index is 13.8. The van der Waals surface area contributed by atoms with E-state index in [1.807, 2.05) is 46.7 Å². The Balaban J connectivity index is 1.56. The van der Waals surface area contributed by atoms with Crippen molar-refractivity contribution in [3.8, 4) is 5.75 Å². The largest absolute Gasteiger partial charge is 0.497 e. The molecule has 3 aliphatic heterocycles. The number of carbonyl (C=O) groups excluding carboxylic acids is 2. The van der Waals surface area contributed by atoms with E-state index >= 15 is 0 Å². The zero-order valence-corrected chi connectivity index (χ0v) is 18.7. The molecule has 0 N–H and O–H groups in total. The van der Waals surface area contributed by atoms with E-state index in [0.717, 1.165) is 29.1 Å². The van der Waals surface area contributed by atoms with Gasteiger partial charge in [-0.15, -0.1) is 0 Å². The van der Waals surface area contributed by atoms with Gasteiger partial charge in [0.05, 0.1) is 19.3 Å². The summed E-state index contributed by atoms with van der Waals surface area (Å²) in [6.45, 7) is 4.95. The van der Waals surface area contributed by atoms with Crippen molar-refractivity contribution in [1.29, 1.82) is 0 Å². The molecule has 33 heavy (non-hydrogen) atoms. The minimum absolute atomic E-state index is 0.100. The molecule has 168 valence electrons. The number of ether oxygens (including phenoxy) is 1. The Labute approximate surface area is 190 Å². The third kappa shape index (κ3) is 2.59. The summed E-state index contributed by atoms with van der Waals surface area (Å²) in [5.41, 5.74) is 3.44. The Hall–Kier alpha value is -3.88. The first kappa shape index (κ1) is 19.8. The number of nitrogens with zero attached hydrogens (tertiary/aromatic N) is 5. The van der Waals surface area contributed by atoms with Gasteiger partial charge < -0.3 is 23.6 Å². The fourth-order valence-electron chi connectivity index (χ4n) is 5.38. The van der Waals surface area contributed by atoms with Crippen molar-refractivity contribution in [3.05, 3.63) is 64.7 Å². The van der Waals surface area contributed by atoms with E-state index in [4.69, 9.17) is 14.3 Å². The van der Waals surface area contributed by atoms with Gasteiger partial charge in [0.1, 0.15) is 29.1 Å². The lowest BCUT2D eigenvalue weighted by Crippen LogP contribution is -2.60. The number of aliphatic imine (C=N–C) groups is 1. The number of amides is 2. The number of fused-ring (bicyclic) bond motifs is 4. The van der Waals surface area contributed by atoms with Gasteiger partial charge in [-0.25, -0.2) is 4.99 Å². The molecule has 1 aromatic carbocycles. The smallest absolute Gasteiger partial charge is 0.272 e. The van der Waals surface area contributed by atoms with E-state index in [9.17, 15) is 9.59 Å². The highest BCUT2D eigenvalue weighted by atomic mass is 16.5. The van der Waals surface area contributed by atoms with E-state index in [1.165, 1.54) is 6.26 Å². The first-order valence-corrected chi connectivity index (χ1v) is 10.9. The molecule has 1 saturated heterocycles. The number of rotatable bonds is 3. The summed E-state index contributed by atoms with van der Waals surface area (Å²) < 4.78 is 12.4. The molecule has 3 aromatic rings. The molecule has 5 heterocycles. The molecular weight excluding hydrogens is 422 g/mol. The lowest BCUT2D eigenvalue weighted by Gasteiger charge is -2.47. The SMILES string of the molecule is COc1ccc(C23Cn4c(cc5c4N=C(C)C5)C(=O)N2CCN3C(=O)c2conc2C)cc1. The quantitative estimate of drug-likeness (QED) is 0.618. The fourth-order valence-corrected chi connectivity index (χ4v) is 5.38. The highest BCUT2D eigenvalue weighted by Crippen LogP contribution is 2.47. The second-order valence-corrected chi connectivity index (χ2v) is 8.76. The van der Waals surface area contributed by atoms with E-state index < -0.39 is 5.66 Å². The van der Waals surface area contributed by atoms with Crippen molar-refractivity contribution in [2.24, 2.45) is 4.99 Å². The van der Waals surface area contributed by atoms with Crippen molar-refractivity contribution >= 4 is 23.3 Å². The second kappa shape index (κ2) is 6.81. The van der Waals surface area contributed by atoms with Gasteiger partial charge in [0.25, 0.3) is 11.8 Å². The second-order valence-electron chi connectivity index (χ2n) is 8.76. The number of benzene rings is 1. The molecule has 0 saturated carbocycles. The van der Waals surface area contributed by atoms with Crippen LogP contribution in [0.4, 0.5) is 5.82 Å². The first-order valence-electron chi connectivity index (χ1n) is 10.9. The Kier molecular flexibility index (Phi) is 4.08. The number of aromatic nitrogens is 2. The monoisotopic (exact) mass is 445 g/mol. The van der Waals surface area contributed by atoms with Gasteiger partial charge in [0.2, 0.25) is 0 Å². The van der Waals surface area contributed by atoms with Gasteiger partial charge in [0, 0.05) is 36.3 Å². The molecule has 0 aliphatic carbocycles. The molecule has 0 radical (unpaired) electrons. The number of carbonyl (C=O) groups is 2. The molecule has 0 spiro atoms. The van der Waals surface area contributed by atoms with Crippen LogP contribution in [0, 0.1) is 6.92 Å². The predicted molar refractivity (Wildman–Crippen MR) is 119 cm³/mol. The van der Waals surface area contributed by atoms with Gasteiger partial charge >= 0.3 is 0 Å². The Morgan fingerprint density at radius 1 is 1.18 bits per heavy atom. The van der Waals surface area contributed by atoms with Gasteiger partial charge in [0.15, 0.2) is 5.66 Å². The van der Waals surface area contributed by atoms with Crippen molar-refractivity contribution in [2.75, 3.05) is 20.2 Å². The van der Waals surface area contributed by atoms with Crippen LogP contribution in [0.5, 0.6) is 5.75 Å². The Bertz CT molecular complexity index is 1340. The zero-order valence-electron chi connectivity index (χ0n) is 18.7. The number of hydrogen-bond donors (Lipinski definition) is 0. The Morgan fingerprint density at radius 3 is 2.67 bits per heavy atom. The summed E-state index contributed by atoms with van der Waals surface area (Å²) >= 11 is 0. The number of hydrogen-bond acceptors (Lipinski definition) is 6. The van der Waals surface area contributed by atoms with Crippen molar-refractivity contribution in [3.63, 3.8) is 0 Å². The van der Waals surface area contributed by atoms with Crippen LogP contribution in [0.15, 0.2) is 46.1 Å². The molecule has 9 heteroatoms. The minimum atomic E-state index is -1.00. The van der Waals surface area contributed by atoms with E-state index in [1.54, 1.807) is 18.9 Å². The molecule has 6 rings (SSSR count). The lowest BCUT2D eigenvalue weighted by molar-refractivity contribution is -0.00567. The first-order chi connectivity index (χ1) is 15.9. The molecule has 1 fully saturated rings. The Morgan fingerprint density at radius 2 is 1.97 bits per heavy atom. The summed E-state index contributed by atoms with van der Waals surface area (Å²) in [6.07, 6.45) is 2.11. The average Bonchev–Trinajstić information content (AvgIpc) is 3.57. The number of methoxy groups -OCH3 is 1. The van der Waals surface area contributed by atoms with E-state index in [-0.39, 0.29) is 11.8 Å². The highest BCUT2D eigenvalue weighted by Gasteiger charge is 2.57. The molecule has 2 amide bonds. The van der Waals surface area contributed by atoms with Gasteiger partial charge in [-0.3, -0.25) is 9.59 Å². The van der Waals surface area contributed by atoms with Crippen molar-refractivity contribution in [1.82, 2.24) is 19.5 Å². The van der Waals surface area contributed by atoms with Crippen molar-refractivity contribution < 1.29 is 18.8 Å². The van der Waals surface area contributed by atoms with Crippen LogP contribution in [0.25, 0.3) is 0 Å². The standard InChI is InChI=1S/C24H23N5O4/c1-14-10-16-11-20-23(31)29-9-8-28(22(30)19-12-33-26-15(19)2)24(29,13-27(20)21(16)25-14)17-4-6-18(32-3)7-5-17/h4-7,11-12H,8-10,13H2,1-3H3. The van der Waals surface area contributed by atoms with E-state index in [2.05, 4.69) is 5.16 Å². The molecule has 1 atom stereocenters. The summed E-state index contributed by atoms with van der Waals surface area (Å²) in [5, 5.41) is 3.89. The maximum absolute atomic E-state index is 13.8. The molecule has 9 nitrogen and oxygen atoms in total. The maximum Gasteiger partial charge on any atom is 0.272 e. The average molecular weight is 445 g/mol. The minimum Gasteiger partial charge on any atom is -0.497 e. The third-order valence-corrected chi connectivity index (χ3v) is 6.95. The highest BCUT2D eigenvalue weighted by molar-refractivity contribution is 6.01. The predicted octanol–water partition coefficient (Wildman–Crippen LogP) is 2.91. The number of aryl methyl sites for hydroxylation is 1. The molecule has 1 unspecified atom stereocenters. The van der Waals surface area contributed by atoms with Crippen LogP contribution in [0.3, 0.4) is 0 Å². The van der Waals surface area contributed by atoms with Gasteiger partial charge in [-0.1, -0.05) is 17.3 Å². The summed E-state index contributed by atoms with van der Waals surface area (Å²) in [4.78, 5) is 35.8. The van der Waals surface area contributed by atoms with Crippen LogP contribution in [-0.4, -0.2) is 57.2 Å². The van der Waals surface area contributed by atoms with Crippen molar-refractivity contribution in [2.45, 2.75) is 32.5 Å². The normalized spacial score (nSPS) is 21.1. The summed E-state index contributed by atoms with van der Waals surface area (Å²) in [6, 6.07) is 9.51. The van der Waals surface area contributed by atoms with E-state index in [0.29, 0.717) is 42.3 Å². The summed E-state index contributed by atoms with van der Waals surface area (Å²) in [5.74, 6) is 1.20. The fraction of sp³-hybridized carbons (Fsp3) is 0.333. The van der Waals surface area contributed by atoms with Crippen LogP contribution in [0.2, 0.25) is 0 Å². The molecule has 0 bridgehead atoms. The van der Waals surface area contributed by atoms with Crippen LogP contribution in [-0.2, 0) is 18.6 Å². The zero-order chi connectivity index (χ0) is 22.9. The van der Waals surface area contributed by atoms with Gasteiger partial charge in [-0.2, -0.15) is 0 Å². The molecule has 3 aliphatic rings. The molecule has 2 aromatic heterocycles. The van der Waals surface area contributed by atoms with Crippen LogP contribution >= 0.6 is 0 Å². The lowest BCUT2D eigenvalue weighted by atomic mass is 9.93. The topological polar surface area (TPSA) is 93.2 Å². The third-order valence-electron chi connectivity index (χ3n) is 6.95. The van der Waals surface area contributed by atoms with Gasteiger partial charge in [-0.05, 0) is 32.0 Å².